The highest BCUT2D eigenvalue weighted by Crippen LogP contribution is 2.26. The lowest BCUT2D eigenvalue weighted by atomic mass is 9.89. The van der Waals surface area contributed by atoms with Crippen molar-refractivity contribution in [3.05, 3.63) is 0 Å². The summed E-state index contributed by atoms with van der Waals surface area (Å²) in [6.07, 6.45) is 1.23. The van der Waals surface area contributed by atoms with Crippen molar-refractivity contribution >= 4 is 11.6 Å². The summed E-state index contributed by atoms with van der Waals surface area (Å²) in [5.41, 5.74) is 0.160. The largest absolute Gasteiger partial charge is 0.376 e. The van der Waals surface area contributed by atoms with Crippen LogP contribution in [0.25, 0.3) is 0 Å². The zero-order chi connectivity index (χ0) is 9.03. The lowest BCUT2D eigenvalue weighted by Crippen LogP contribution is -2.33. The number of alkyl halides is 1. The second-order valence-corrected chi connectivity index (χ2v) is 4.34. The van der Waals surface area contributed by atoms with Crippen LogP contribution >= 0.6 is 11.6 Å². The van der Waals surface area contributed by atoms with Crippen molar-refractivity contribution < 1.29 is 9.47 Å². The van der Waals surface area contributed by atoms with E-state index in [9.17, 15) is 0 Å². The van der Waals surface area contributed by atoms with Gasteiger partial charge in [-0.05, 0) is 11.8 Å². The molecule has 1 saturated heterocycles. The Morgan fingerprint density at radius 3 is 2.67 bits per heavy atom. The van der Waals surface area contributed by atoms with Crippen molar-refractivity contribution in [1.82, 2.24) is 0 Å². The van der Waals surface area contributed by atoms with Crippen molar-refractivity contribution in [2.45, 2.75) is 26.4 Å². The van der Waals surface area contributed by atoms with Crippen LogP contribution in [0.1, 0.15) is 20.3 Å². The number of halogens is 1. The molecule has 0 aromatic heterocycles. The van der Waals surface area contributed by atoms with Gasteiger partial charge in [0.15, 0.2) is 0 Å². The topological polar surface area (TPSA) is 18.5 Å². The summed E-state index contributed by atoms with van der Waals surface area (Å²) in [5.74, 6) is 0.673. The maximum absolute atomic E-state index is 5.82. The van der Waals surface area contributed by atoms with Gasteiger partial charge in [-0.2, -0.15) is 0 Å². The minimum absolute atomic E-state index is 0.160. The zero-order valence-electron chi connectivity index (χ0n) is 7.81. The van der Waals surface area contributed by atoms with Crippen molar-refractivity contribution in [2.24, 2.45) is 5.41 Å². The molecule has 1 fully saturated rings. The summed E-state index contributed by atoms with van der Waals surface area (Å²) in [7, 11) is 0. The summed E-state index contributed by atoms with van der Waals surface area (Å²) in [6.45, 7) is 6.48. The van der Waals surface area contributed by atoms with Gasteiger partial charge < -0.3 is 9.47 Å². The Bertz CT molecular complexity index is 130. The summed E-state index contributed by atoms with van der Waals surface area (Å²) in [5, 5.41) is 0. The van der Waals surface area contributed by atoms with Crippen LogP contribution in [0.3, 0.4) is 0 Å². The van der Waals surface area contributed by atoms with Crippen LogP contribution < -0.4 is 0 Å². The zero-order valence-corrected chi connectivity index (χ0v) is 8.56. The molecule has 0 aliphatic carbocycles. The van der Waals surface area contributed by atoms with Crippen LogP contribution in [0.2, 0.25) is 0 Å². The quantitative estimate of drug-likeness (QED) is 0.638. The third kappa shape index (κ3) is 3.30. The molecule has 1 aliphatic rings. The van der Waals surface area contributed by atoms with Crippen LogP contribution in [0.15, 0.2) is 0 Å². The van der Waals surface area contributed by atoms with E-state index in [1.165, 1.54) is 0 Å². The fourth-order valence-corrected chi connectivity index (χ4v) is 1.43. The second kappa shape index (κ2) is 4.45. The molecule has 72 valence electrons. The molecule has 1 unspecified atom stereocenters. The third-order valence-electron chi connectivity index (χ3n) is 2.03. The van der Waals surface area contributed by atoms with Gasteiger partial charge in [0.05, 0.1) is 25.9 Å². The first-order valence-corrected chi connectivity index (χ1v) is 4.93. The molecule has 0 spiro atoms. The van der Waals surface area contributed by atoms with Gasteiger partial charge in [0, 0.05) is 5.88 Å². The number of ether oxygens (including phenoxy) is 2. The van der Waals surface area contributed by atoms with Gasteiger partial charge in [0.1, 0.15) is 0 Å². The molecule has 2 nitrogen and oxygen atoms in total. The smallest absolute Gasteiger partial charge is 0.0815 e. The van der Waals surface area contributed by atoms with Crippen molar-refractivity contribution in [1.29, 1.82) is 0 Å². The average Bonchev–Trinajstić information content (AvgIpc) is 2.06. The molecular weight excluding hydrogens is 176 g/mol. The maximum atomic E-state index is 5.82. The Kier molecular flexibility index (Phi) is 3.81. The minimum Gasteiger partial charge on any atom is -0.376 e. The Hall–Kier alpha value is 0.210. The second-order valence-electron chi connectivity index (χ2n) is 4.07. The molecule has 1 atom stereocenters. The highest BCUT2D eigenvalue weighted by Gasteiger charge is 2.24. The van der Waals surface area contributed by atoms with Gasteiger partial charge in [0.25, 0.3) is 0 Å². The lowest BCUT2D eigenvalue weighted by Gasteiger charge is -2.30. The molecule has 1 rings (SSSR count). The highest BCUT2D eigenvalue weighted by molar-refractivity contribution is 6.18. The maximum Gasteiger partial charge on any atom is 0.0815 e. The Morgan fingerprint density at radius 2 is 2.17 bits per heavy atom. The predicted octanol–water partition coefficient (Wildman–Crippen LogP) is 2.06. The molecule has 12 heavy (non-hydrogen) atoms. The molecule has 3 heteroatoms. The number of hydrogen-bond acceptors (Lipinski definition) is 2. The molecule has 0 bridgehead atoms. The summed E-state index contributed by atoms with van der Waals surface area (Å²) >= 11 is 5.82. The summed E-state index contributed by atoms with van der Waals surface area (Å²) in [6, 6.07) is 0. The van der Waals surface area contributed by atoms with E-state index in [2.05, 4.69) is 13.8 Å². The fraction of sp³-hybridized carbons (Fsp3) is 1.00. The third-order valence-corrected chi connectivity index (χ3v) is 2.75. The average molecular weight is 193 g/mol. The molecule has 0 aromatic carbocycles. The lowest BCUT2D eigenvalue weighted by molar-refractivity contribution is -0.0998. The Balaban J connectivity index is 2.28. The van der Waals surface area contributed by atoms with Gasteiger partial charge in [0.2, 0.25) is 0 Å². The molecule has 0 radical (unpaired) electrons. The van der Waals surface area contributed by atoms with E-state index in [0.717, 1.165) is 26.2 Å². The number of rotatable bonds is 3. The fourth-order valence-electron chi connectivity index (χ4n) is 1.33. The normalized spacial score (nSPS) is 25.8. The first kappa shape index (κ1) is 10.3. The van der Waals surface area contributed by atoms with E-state index in [-0.39, 0.29) is 11.5 Å². The first-order chi connectivity index (χ1) is 5.64. The van der Waals surface area contributed by atoms with Crippen LogP contribution in [-0.4, -0.2) is 31.8 Å². The molecule has 0 amide bonds. The summed E-state index contributed by atoms with van der Waals surface area (Å²) < 4.78 is 10.8. The molecule has 1 heterocycles. The molecule has 1 aliphatic heterocycles. The van der Waals surface area contributed by atoms with Gasteiger partial charge >= 0.3 is 0 Å². The van der Waals surface area contributed by atoms with Crippen molar-refractivity contribution in [3.8, 4) is 0 Å². The molecular formula is C9H17ClO2. The molecule has 0 aromatic rings. The van der Waals surface area contributed by atoms with E-state index < -0.39 is 0 Å². The Morgan fingerprint density at radius 1 is 1.42 bits per heavy atom. The van der Waals surface area contributed by atoms with Crippen LogP contribution in [-0.2, 0) is 9.47 Å². The predicted molar refractivity (Wildman–Crippen MR) is 49.7 cm³/mol. The van der Waals surface area contributed by atoms with Gasteiger partial charge in [-0.3, -0.25) is 0 Å². The Labute approximate surface area is 79.2 Å². The first-order valence-electron chi connectivity index (χ1n) is 4.39. The van der Waals surface area contributed by atoms with E-state index in [0.29, 0.717) is 5.88 Å². The van der Waals surface area contributed by atoms with E-state index in [4.69, 9.17) is 21.1 Å². The molecule has 0 saturated carbocycles. The van der Waals surface area contributed by atoms with Gasteiger partial charge in [-0.1, -0.05) is 13.8 Å². The van der Waals surface area contributed by atoms with Crippen molar-refractivity contribution in [2.75, 3.05) is 25.7 Å². The standard InChI is InChI=1S/C9H17ClO2/c1-9(2,7-10)5-8-6-11-3-4-12-8/h8H,3-7H2,1-2H3. The SMILES string of the molecule is CC(C)(CCl)CC1COCCO1. The van der Waals surface area contributed by atoms with Gasteiger partial charge in [-0.25, -0.2) is 0 Å². The van der Waals surface area contributed by atoms with Crippen LogP contribution in [0.5, 0.6) is 0 Å². The van der Waals surface area contributed by atoms with E-state index >= 15 is 0 Å². The van der Waals surface area contributed by atoms with E-state index in [1.54, 1.807) is 0 Å². The monoisotopic (exact) mass is 192 g/mol. The summed E-state index contributed by atoms with van der Waals surface area (Å²) in [4.78, 5) is 0. The van der Waals surface area contributed by atoms with Crippen molar-refractivity contribution in [3.63, 3.8) is 0 Å². The van der Waals surface area contributed by atoms with E-state index in [1.807, 2.05) is 0 Å². The number of hydrogen-bond donors (Lipinski definition) is 0. The van der Waals surface area contributed by atoms with Crippen LogP contribution in [0.4, 0.5) is 0 Å². The van der Waals surface area contributed by atoms with Gasteiger partial charge in [-0.15, -0.1) is 11.6 Å². The minimum atomic E-state index is 0.160. The highest BCUT2D eigenvalue weighted by atomic mass is 35.5. The van der Waals surface area contributed by atoms with Crippen LogP contribution in [0, 0.1) is 5.41 Å². The molecule has 0 N–H and O–H groups in total.